The average Bonchev–Trinajstić information content (AvgIpc) is 2.44. The molecule has 0 radical (unpaired) electrons. The van der Waals surface area contributed by atoms with Crippen molar-refractivity contribution >= 4 is 53.1 Å². The van der Waals surface area contributed by atoms with E-state index in [1.165, 1.54) is 0 Å². The van der Waals surface area contributed by atoms with Crippen molar-refractivity contribution in [1.29, 1.82) is 0 Å². The van der Waals surface area contributed by atoms with Gasteiger partial charge < -0.3 is 35.2 Å². The first-order chi connectivity index (χ1) is 12.6. The van der Waals surface area contributed by atoms with Crippen molar-refractivity contribution in [3.05, 3.63) is 40.3 Å². The van der Waals surface area contributed by atoms with E-state index < -0.39 is 23.5 Å². The predicted octanol–water partition coefficient (Wildman–Crippen LogP) is 2.35. The Kier molecular flexibility index (Phi) is 8.66. The van der Waals surface area contributed by atoms with Gasteiger partial charge in [-0.2, -0.15) is 8.62 Å². The number of nitrogens with two attached hydrogens (primary N) is 1. The summed E-state index contributed by atoms with van der Waals surface area (Å²) in [6.07, 6.45) is 1.62. The first-order valence-corrected chi connectivity index (χ1v) is 11.9. The molecule has 18 heteroatoms. The highest BCUT2D eigenvalue weighted by molar-refractivity contribution is 7.71. The van der Waals surface area contributed by atoms with E-state index in [0.29, 0.717) is 15.6 Å². The minimum atomic E-state index is -5.46. The third-order valence-electron chi connectivity index (χ3n) is 2.43. The number of nitrogens with zero attached hydrogens (tertiary/aromatic N) is 1. The van der Waals surface area contributed by atoms with Gasteiger partial charge in [0, 0.05) is 22.3 Å². The van der Waals surface area contributed by atoms with Gasteiger partial charge in [-0.05, 0) is 18.3 Å². The quantitative estimate of drug-likeness (QED) is 0.234. The summed E-state index contributed by atoms with van der Waals surface area (Å²) in [7, 11) is -16.2. The lowest BCUT2D eigenvalue weighted by Gasteiger charge is -2.11. The number of aromatic amines is 1. The van der Waals surface area contributed by atoms with Crippen LogP contribution in [0.25, 0.3) is 11.1 Å². The maximum atomic E-state index is 10.4. The number of hydrogen-bond donors (Lipinski definition) is 7. The highest BCUT2D eigenvalue weighted by Gasteiger charge is 2.38. The summed E-state index contributed by atoms with van der Waals surface area (Å²) in [5, 5.41) is 0.636. The van der Waals surface area contributed by atoms with E-state index in [0.717, 1.165) is 11.1 Å². The van der Waals surface area contributed by atoms with Crippen molar-refractivity contribution in [1.82, 2.24) is 9.97 Å². The standard InChI is InChI=1S/C10H8ClN3S.H5O10P3/c11-8-4-2-1-3-6(8)7-5-13-10(15)14-9(7)12;1-11(2,3)9-13(7,8)10-12(4,5)6/h1-5H,(H3,12,13,14,15);(H,7,8)(H2,1,2,3)(H2,4,5,6). The molecule has 0 saturated heterocycles. The van der Waals surface area contributed by atoms with Crippen LogP contribution < -0.4 is 5.73 Å². The topological polar surface area (TPSA) is 226 Å². The maximum absolute atomic E-state index is 10.4. The molecule has 0 aliphatic rings. The van der Waals surface area contributed by atoms with Crippen molar-refractivity contribution in [3.8, 4) is 11.1 Å². The molecule has 1 heterocycles. The molecule has 13 nitrogen and oxygen atoms in total. The SMILES string of the molecule is Nc1[nH]c(=S)ncc1-c1ccccc1Cl.O=P(O)(O)OP(=O)(O)OP(=O)(O)O. The lowest BCUT2D eigenvalue weighted by molar-refractivity contribution is 0.204. The average molecular weight is 496 g/mol. The molecule has 1 aromatic carbocycles. The van der Waals surface area contributed by atoms with E-state index in [1.807, 2.05) is 18.2 Å². The highest BCUT2D eigenvalue weighted by Crippen LogP contribution is 2.64. The molecule has 0 saturated carbocycles. The van der Waals surface area contributed by atoms with Crippen LogP contribution in [0.5, 0.6) is 0 Å². The van der Waals surface area contributed by atoms with Crippen LogP contribution in [0, 0.1) is 4.77 Å². The molecular formula is C10H13ClN3O10P3S. The van der Waals surface area contributed by atoms with E-state index in [-0.39, 0.29) is 0 Å². The molecule has 0 spiro atoms. The van der Waals surface area contributed by atoms with Crippen molar-refractivity contribution in [3.63, 3.8) is 0 Å². The fourth-order valence-corrected chi connectivity index (χ4v) is 4.52. The summed E-state index contributed by atoms with van der Waals surface area (Å²) >= 11 is 10.9. The van der Waals surface area contributed by atoms with Gasteiger partial charge in [0.15, 0.2) is 4.77 Å². The van der Waals surface area contributed by atoms with Gasteiger partial charge in [0.05, 0.1) is 0 Å². The largest absolute Gasteiger partial charge is 0.490 e. The van der Waals surface area contributed by atoms with Crippen LogP contribution in [0.15, 0.2) is 30.5 Å². The molecule has 0 unspecified atom stereocenters. The van der Waals surface area contributed by atoms with Crippen molar-refractivity contribution < 1.29 is 46.8 Å². The smallest absolute Gasteiger partial charge is 0.385 e. The van der Waals surface area contributed by atoms with Gasteiger partial charge >= 0.3 is 23.5 Å². The normalized spacial score (nSPS) is 12.2. The molecule has 28 heavy (non-hydrogen) atoms. The summed E-state index contributed by atoms with van der Waals surface area (Å²) in [5.74, 6) is 0.475. The first-order valence-electron chi connectivity index (χ1n) is 6.56. The van der Waals surface area contributed by atoms with Crippen molar-refractivity contribution in [2.75, 3.05) is 5.73 Å². The number of halogens is 1. The van der Waals surface area contributed by atoms with Gasteiger partial charge in [0.25, 0.3) is 0 Å². The van der Waals surface area contributed by atoms with Gasteiger partial charge in [-0.15, -0.1) is 0 Å². The number of nitrogens with one attached hydrogen (secondary N) is 1. The zero-order valence-electron chi connectivity index (χ0n) is 13.3. The molecule has 0 amide bonds. The zero-order chi connectivity index (χ0) is 21.8. The number of H-pyrrole nitrogens is 1. The Hall–Kier alpha value is -0.980. The molecule has 2 rings (SSSR count). The monoisotopic (exact) mass is 495 g/mol. The number of phosphoric acid groups is 3. The lowest BCUT2D eigenvalue weighted by atomic mass is 10.1. The van der Waals surface area contributed by atoms with Crippen LogP contribution in [0.2, 0.25) is 5.02 Å². The molecular weight excluding hydrogens is 483 g/mol. The van der Waals surface area contributed by atoms with E-state index in [4.69, 9.17) is 54.0 Å². The van der Waals surface area contributed by atoms with Crippen molar-refractivity contribution in [2.24, 2.45) is 0 Å². The van der Waals surface area contributed by atoms with Crippen molar-refractivity contribution in [2.45, 2.75) is 0 Å². The molecule has 0 bridgehead atoms. The number of nitrogen functional groups attached to an aromatic ring is 1. The molecule has 0 aliphatic heterocycles. The van der Waals surface area contributed by atoms with Crippen LogP contribution in [-0.2, 0) is 22.3 Å². The van der Waals surface area contributed by atoms with Gasteiger partial charge in [-0.1, -0.05) is 29.8 Å². The number of aromatic nitrogens is 2. The molecule has 1 aromatic heterocycles. The Balaban J connectivity index is 0.000000284. The molecule has 8 N–H and O–H groups in total. The fourth-order valence-electron chi connectivity index (χ4n) is 1.59. The van der Waals surface area contributed by atoms with Gasteiger partial charge in [0.1, 0.15) is 5.82 Å². The second-order valence-electron chi connectivity index (χ2n) is 4.61. The molecule has 0 fully saturated rings. The summed E-state index contributed by atoms with van der Waals surface area (Å²) in [6.45, 7) is 0. The molecule has 2 aromatic rings. The molecule has 156 valence electrons. The molecule has 0 atom stereocenters. The third kappa shape index (κ3) is 9.48. The Labute approximate surface area is 167 Å². The number of benzene rings is 1. The van der Waals surface area contributed by atoms with Gasteiger partial charge in [-0.25, -0.2) is 18.7 Å². The zero-order valence-corrected chi connectivity index (χ0v) is 17.6. The predicted molar refractivity (Wildman–Crippen MR) is 100 cm³/mol. The number of anilines is 1. The second kappa shape index (κ2) is 9.68. The van der Waals surface area contributed by atoms with E-state index in [1.54, 1.807) is 12.3 Å². The van der Waals surface area contributed by atoms with Crippen LogP contribution >= 0.6 is 47.3 Å². The van der Waals surface area contributed by atoms with Crippen LogP contribution in [0.4, 0.5) is 5.82 Å². The van der Waals surface area contributed by atoms with Gasteiger partial charge in [0.2, 0.25) is 0 Å². The van der Waals surface area contributed by atoms with E-state index in [9.17, 15) is 13.7 Å². The Morgan fingerprint density at radius 3 is 1.93 bits per heavy atom. The second-order valence-corrected chi connectivity index (χ2v) is 9.61. The Morgan fingerprint density at radius 2 is 1.50 bits per heavy atom. The number of rotatable bonds is 5. The van der Waals surface area contributed by atoms with Crippen LogP contribution in [0.3, 0.4) is 0 Å². The van der Waals surface area contributed by atoms with E-state index in [2.05, 4.69) is 18.6 Å². The lowest BCUT2D eigenvalue weighted by Crippen LogP contribution is -1.96. The minimum absolute atomic E-state index is 0.364. The Morgan fingerprint density at radius 1 is 1.00 bits per heavy atom. The Bertz CT molecular complexity index is 1010. The summed E-state index contributed by atoms with van der Waals surface area (Å²) in [5.41, 5.74) is 7.40. The summed E-state index contributed by atoms with van der Waals surface area (Å²) < 4.78 is 36.7. The van der Waals surface area contributed by atoms with Crippen LogP contribution in [0.1, 0.15) is 0 Å². The summed E-state index contributed by atoms with van der Waals surface area (Å²) in [6, 6.07) is 7.44. The van der Waals surface area contributed by atoms with Gasteiger partial charge in [-0.3, -0.25) is 0 Å². The summed E-state index contributed by atoms with van der Waals surface area (Å²) in [4.78, 5) is 47.0. The van der Waals surface area contributed by atoms with Crippen LogP contribution in [-0.4, -0.2) is 34.4 Å². The fraction of sp³-hybridized carbons (Fsp3) is 0. The molecule has 0 aliphatic carbocycles. The number of hydrogen-bond acceptors (Lipinski definition) is 8. The highest BCUT2D eigenvalue weighted by atomic mass is 35.5. The maximum Gasteiger partial charge on any atom is 0.490 e. The first kappa shape index (κ1) is 25.1. The minimum Gasteiger partial charge on any atom is -0.385 e. The van der Waals surface area contributed by atoms with E-state index >= 15 is 0 Å². The third-order valence-corrected chi connectivity index (χ3v) is 6.32.